The Labute approximate surface area is 199 Å². The molecule has 2 fully saturated rings. The molecule has 4 unspecified atom stereocenters. The van der Waals surface area contributed by atoms with Crippen LogP contribution < -0.4 is 11.1 Å². The van der Waals surface area contributed by atoms with Gasteiger partial charge in [0.2, 0.25) is 5.54 Å². The monoisotopic (exact) mass is 474 g/mol. The molecule has 186 valence electrons. The average Bonchev–Trinajstić information content (AvgIpc) is 3.11. The third kappa shape index (κ3) is 4.60. The normalized spacial score (nSPS) is 26.2. The number of benzene rings is 1. The Hall–Kier alpha value is -3.10. The Morgan fingerprint density at radius 2 is 1.79 bits per heavy atom. The summed E-state index contributed by atoms with van der Waals surface area (Å²) in [5, 5.41) is 2.19. The molecule has 9 heteroatoms. The minimum absolute atomic E-state index is 0.000638. The van der Waals surface area contributed by atoms with E-state index in [0.717, 1.165) is 12.8 Å². The molecule has 2 amide bonds. The predicted octanol–water partition coefficient (Wildman–Crippen LogP) is 2.85. The highest BCUT2D eigenvalue weighted by Crippen LogP contribution is 2.66. The van der Waals surface area contributed by atoms with Gasteiger partial charge in [0.1, 0.15) is 12.7 Å². The van der Waals surface area contributed by atoms with Crippen molar-refractivity contribution in [3.63, 3.8) is 0 Å². The Kier molecular flexibility index (Phi) is 7.24. The number of nitrogens with two attached hydrogens (primary N) is 1. The van der Waals surface area contributed by atoms with E-state index in [4.69, 9.17) is 19.9 Å². The first-order chi connectivity index (χ1) is 16.0. The molecule has 4 atom stereocenters. The molecule has 1 aromatic carbocycles. The van der Waals surface area contributed by atoms with Crippen LogP contribution >= 0.6 is 0 Å². The number of hydrogen-bond donors (Lipinski definition) is 2. The Morgan fingerprint density at radius 3 is 2.32 bits per heavy atom. The average molecular weight is 475 g/mol. The van der Waals surface area contributed by atoms with Gasteiger partial charge in [-0.25, -0.2) is 9.59 Å². The van der Waals surface area contributed by atoms with E-state index in [1.54, 1.807) is 24.3 Å². The van der Waals surface area contributed by atoms with Crippen molar-refractivity contribution in [2.24, 2.45) is 22.5 Å². The topological polar surface area (TPSA) is 134 Å². The number of primary amides is 1. The number of ether oxygens (including phenoxy) is 3. The molecule has 1 aromatic rings. The third-order valence-corrected chi connectivity index (χ3v) is 7.97. The molecule has 0 aliphatic heterocycles. The highest BCUT2D eigenvalue weighted by atomic mass is 16.6. The van der Waals surface area contributed by atoms with Crippen LogP contribution in [-0.4, -0.2) is 42.2 Å². The molecule has 0 saturated heterocycles. The van der Waals surface area contributed by atoms with Crippen LogP contribution in [0.2, 0.25) is 0 Å². The summed E-state index contributed by atoms with van der Waals surface area (Å²) in [6, 6.07) is 8.85. The lowest BCUT2D eigenvalue weighted by Crippen LogP contribution is -2.64. The second-order valence-electron chi connectivity index (χ2n) is 9.94. The largest absolute Gasteiger partial charge is 0.464 e. The number of esters is 2. The van der Waals surface area contributed by atoms with Crippen LogP contribution in [-0.2, 0) is 35.2 Å². The maximum atomic E-state index is 13.0. The summed E-state index contributed by atoms with van der Waals surface area (Å²) in [6.07, 6.45) is 0.471. The molecule has 0 heterocycles. The van der Waals surface area contributed by atoms with Crippen LogP contribution in [0, 0.1) is 16.7 Å². The van der Waals surface area contributed by atoms with Crippen molar-refractivity contribution in [3.05, 3.63) is 35.9 Å². The summed E-state index contributed by atoms with van der Waals surface area (Å²) in [7, 11) is 0. The second-order valence-corrected chi connectivity index (χ2v) is 9.94. The summed E-state index contributed by atoms with van der Waals surface area (Å²) in [5.74, 6) is -2.77. The Balaban J connectivity index is 1.74. The van der Waals surface area contributed by atoms with Crippen LogP contribution in [0.1, 0.15) is 58.9 Å². The van der Waals surface area contributed by atoms with Crippen molar-refractivity contribution in [1.29, 1.82) is 0 Å². The van der Waals surface area contributed by atoms with Crippen LogP contribution in [0.4, 0.5) is 4.79 Å². The third-order valence-electron chi connectivity index (χ3n) is 7.97. The number of fused-ring (bicyclic) bond motifs is 2. The van der Waals surface area contributed by atoms with Crippen molar-refractivity contribution in [2.45, 2.75) is 71.6 Å². The molecular weight excluding hydrogens is 440 g/mol. The molecule has 9 nitrogen and oxygen atoms in total. The van der Waals surface area contributed by atoms with E-state index in [0.29, 0.717) is 17.9 Å². The van der Waals surface area contributed by atoms with Crippen molar-refractivity contribution in [3.8, 4) is 0 Å². The number of alkyl carbamates (subject to hydrolysis) is 1. The van der Waals surface area contributed by atoms with Crippen molar-refractivity contribution < 1.29 is 33.4 Å². The molecule has 0 aromatic heterocycles. The SMILES string of the molecule is CCOC(=O)C(CC(=O)OC1CC2CCC1(C)C2(C)C)(NC(=O)OCc1ccccc1)C(N)=O. The molecule has 2 aliphatic carbocycles. The summed E-state index contributed by atoms with van der Waals surface area (Å²) in [4.78, 5) is 50.7. The van der Waals surface area contributed by atoms with E-state index < -0.39 is 35.9 Å². The van der Waals surface area contributed by atoms with Gasteiger partial charge in [0.05, 0.1) is 13.0 Å². The summed E-state index contributed by atoms with van der Waals surface area (Å²) in [6.45, 7) is 7.80. The van der Waals surface area contributed by atoms with Gasteiger partial charge in [0.25, 0.3) is 5.91 Å². The standard InChI is InChI=1S/C25H34N2O7/c1-5-32-21(30)25(20(26)29,27-22(31)33-15-16-9-7-6-8-10-16)14-19(28)34-18-13-17-11-12-24(18,4)23(17,2)3/h6-10,17-18H,5,11-15H2,1-4H3,(H2,26,29)(H,27,31). The van der Waals surface area contributed by atoms with Crippen LogP contribution in [0.25, 0.3) is 0 Å². The van der Waals surface area contributed by atoms with Crippen LogP contribution in [0.3, 0.4) is 0 Å². The van der Waals surface area contributed by atoms with Gasteiger partial charge in [-0.15, -0.1) is 0 Å². The zero-order chi connectivity index (χ0) is 25.1. The fourth-order valence-corrected chi connectivity index (χ4v) is 5.33. The molecule has 34 heavy (non-hydrogen) atoms. The molecule has 3 rings (SSSR count). The summed E-state index contributed by atoms with van der Waals surface area (Å²) in [5.41, 5.74) is 3.56. The van der Waals surface area contributed by atoms with E-state index in [2.05, 4.69) is 26.1 Å². The van der Waals surface area contributed by atoms with E-state index in [1.165, 1.54) is 6.92 Å². The summed E-state index contributed by atoms with van der Waals surface area (Å²) >= 11 is 0. The maximum absolute atomic E-state index is 13.0. The Morgan fingerprint density at radius 1 is 1.12 bits per heavy atom. The zero-order valence-electron chi connectivity index (χ0n) is 20.2. The second kappa shape index (κ2) is 9.64. The van der Waals surface area contributed by atoms with Crippen molar-refractivity contribution in [1.82, 2.24) is 5.32 Å². The fraction of sp³-hybridized carbons (Fsp3) is 0.600. The lowest BCUT2D eigenvalue weighted by Gasteiger charge is -2.38. The van der Waals surface area contributed by atoms with Gasteiger partial charge < -0.3 is 19.9 Å². The first-order valence-electron chi connectivity index (χ1n) is 11.6. The lowest BCUT2D eigenvalue weighted by atomic mass is 9.70. The number of amides is 2. The van der Waals surface area contributed by atoms with Gasteiger partial charge in [-0.05, 0) is 43.1 Å². The molecule has 2 aliphatic rings. The fourth-order valence-electron chi connectivity index (χ4n) is 5.33. The molecule has 3 N–H and O–H groups in total. The quantitative estimate of drug-likeness (QED) is 0.319. The highest BCUT2D eigenvalue weighted by molar-refractivity contribution is 6.11. The number of hydrogen-bond acceptors (Lipinski definition) is 7. The Bertz CT molecular complexity index is 948. The first kappa shape index (κ1) is 25.5. The molecule has 0 spiro atoms. The molecule has 0 radical (unpaired) electrons. The van der Waals surface area contributed by atoms with Crippen LogP contribution in [0.5, 0.6) is 0 Å². The minimum Gasteiger partial charge on any atom is -0.464 e. The number of nitrogens with one attached hydrogen (secondary N) is 1. The summed E-state index contributed by atoms with van der Waals surface area (Å²) < 4.78 is 15.9. The van der Waals surface area contributed by atoms with E-state index in [9.17, 15) is 19.2 Å². The zero-order valence-corrected chi connectivity index (χ0v) is 20.2. The van der Waals surface area contributed by atoms with E-state index >= 15 is 0 Å². The van der Waals surface area contributed by atoms with Crippen molar-refractivity contribution in [2.75, 3.05) is 6.61 Å². The first-order valence-corrected chi connectivity index (χ1v) is 11.6. The van der Waals surface area contributed by atoms with Gasteiger partial charge in [-0.1, -0.05) is 51.1 Å². The van der Waals surface area contributed by atoms with Crippen molar-refractivity contribution >= 4 is 23.9 Å². The molecule has 2 bridgehead atoms. The van der Waals surface area contributed by atoms with Gasteiger partial charge >= 0.3 is 18.0 Å². The van der Waals surface area contributed by atoms with Gasteiger partial charge in [0.15, 0.2) is 0 Å². The lowest BCUT2D eigenvalue weighted by molar-refractivity contribution is -0.167. The van der Waals surface area contributed by atoms with Gasteiger partial charge in [-0.2, -0.15) is 0 Å². The van der Waals surface area contributed by atoms with E-state index in [1.807, 2.05) is 6.07 Å². The predicted molar refractivity (Wildman–Crippen MR) is 122 cm³/mol. The van der Waals surface area contributed by atoms with Crippen LogP contribution in [0.15, 0.2) is 30.3 Å². The maximum Gasteiger partial charge on any atom is 0.408 e. The molecular formula is C25H34N2O7. The minimum atomic E-state index is -2.45. The van der Waals surface area contributed by atoms with E-state index in [-0.39, 0.29) is 30.1 Å². The number of carbonyl (C=O) groups excluding carboxylic acids is 4. The number of carbonyl (C=O) groups is 4. The van der Waals surface area contributed by atoms with Gasteiger partial charge in [-0.3, -0.25) is 14.9 Å². The number of rotatable bonds is 9. The smallest absolute Gasteiger partial charge is 0.408 e. The molecule has 2 saturated carbocycles. The highest BCUT2D eigenvalue weighted by Gasteiger charge is 2.63. The van der Waals surface area contributed by atoms with Gasteiger partial charge in [0, 0.05) is 5.41 Å².